The van der Waals surface area contributed by atoms with Crippen molar-refractivity contribution in [3.63, 3.8) is 0 Å². The molecule has 0 bridgehead atoms. The highest BCUT2D eigenvalue weighted by Gasteiger charge is 2.26. The molecule has 8 rings (SSSR count). The summed E-state index contributed by atoms with van der Waals surface area (Å²) in [6, 6.07) is 24.8. The number of anilines is 4. The number of hydrogen-bond donors (Lipinski definition) is 10. The maximum atomic E-state index is 13.4. The molecule has 0 spiro atoms. The van der Waals surface area contributed by atoms with Crippen molar-refractivity contribution in [3.8, 4) is 40.1 Å². The van der Waals surface area contributed by atoms with E-state index in [9.17, 15) is 34.2 Å². The number of carbonyl (C=O) groups is 3. The van der Waals surface area contributed by atoms with Gasteiger partial charge in [-0.25, -0.2) is 14.8 Å². The van der Waals surface area contributed by atoms with E-state index in [1.54, 1.807) is 81.4 Å². The number of hydrogen-bond acceptors (Lipinski definition) is 16. The lowest BCUT2D eigenvalue weighted by Crippen LogP contribution is -2.34. The number of phenolic OH excluding ortho intramolecular Hbond substituents is 2. The second-order valence-electron chi connectivity index (χ2n) is 18.4. The lowest BCUT2D eigenvalue weighted by Gasteiger charge is -2.20. The van der Waals surface area contributed by atoms with Crippen LogP contribution in [0.25, 0.3) is 22.5 Å². The molecule has 0 saturated heterocycles. The number of nitrogen functional groups attached to an aromatic ring is 1. The zero-order chi connectivity index (χ0) is 52.4. The summed E-state index contributed by atoms with van der Waals surface area (Å²) in [6.45, 7) is 5.06. The van der Waals surface area contributed by atoms with E-state index in [1.165, 1.54) is 45.8 Å². The van der Waals surface area contributed by atoms with E-state index in [0.29, 0.717) is 33.6 Å². The lowest BCUT2D eigenvalue weighted by atomic mass is 10.1. The summed E-state index contributed by atoms with van der Waals surface area (Å²) in [5.74, 6) is -0.737. The number of nitrogens with one attached hydrogen (secondary N) is 5. The maximum absolute atomic E-state index is 13.4. The highest BCUT2D eigenvalue weighted by atomic mass is 16.6. The quantitative estimate of drug-likeness (QED) is 0.0202. The zero-order valence-electron chi connectivity index (χ0n) is 40.2. The van der Waals surface area contributed by atoms with Gasteiger partial charge in [0.1, 0.15) is 30.2 Å². The van der Waals surface area contributed by atoms with Crippen molar-refractivity contribution in [2.75, 3.05) is 21.7 Å². The minimum Gasteiger partial charge on any atom is -0.508 e. The molecule has 4 aromatic carbocycles. The van der Waals surface area contributed by atoms with E-state index in [0.717, 1.165) is 36.8 Å². The van der Waals surface area contributed by atoms with Crippen molar-refractivity contribution in [2.24, 2.45) is 10.9 Å². The Labute approximate surface area is 418 Å². The molecule has 378 valence electrons. The molecule has 2 aliphatic carbocycles. The fourth-order valence-corrected chi connectivity index (χ4v) is 7.17. The van der Waals surface area contributed by atoms with Crippen LogP contribution < -0.4 is 49.2 Å². The van der Waals surface area contributed by atoms with Gasteiger partial charge in [0, 0.05) is 65.4 Å². The number of amidine groups is 1. The number of benzene rings is 4. The highest BCUT2D eigenvalue weighted by Crippen LogP contribution is 2.30. The van der Waals surface area contributed by atoms with E-state index in [4.69, 9.17) is 26.7 Å². The number of nitrogens with zero attached hydrogens (tertiary/aromatic N) is 6. The normalized spacial score (nSPS) is 13.1. The third-order valence-corrected chi connectivity index (χ3v) is 11.1. The van der Waals surface area contributed by atoms with Crippen LogP contribution in [0.15, 0.2) is 112 Å². The number of rotatable bonds is 16. The number of phenols is 2. The highest BCUT2D eigenvalue weighted by molar-refractivity contribution is 5.97. The summed E-state index contributed by atoms with van der Waals surface area (Å²) in [4.78, 5) is 73.0. The maximum Gasteiger partial charge on any atom is 0.412 e. The minimum atomic E-state index is -0.719. The van der Waals surface area contributed by atoms with Crippen LogP contribution in [-0.2, 0) is 40.5 Å². The van der Waals surface area contributed by atoms with Crippen molar-refractivity contribution in [1.29, 1.82) is 5.26 Å². The average Bonchev–Trinajstić information content (AvgIpc) is 4.30. The second-order valence-corrected chi connectivity index (χ2v) is 18.4. The number of ether oxygens (including phenoxy) is 1. The van der Waals surface area contributed by atoms with E-state index in [-0.39, 0.29) is 84.5 Å². The molecule has 3 amide bonds. The summed E-state index contributed by atoms with van der Waals surface area (Å²) >= 11 is 0. The molecule has 12 N–H and O–H groups in total. The van der Waals surface area contributed by atoms with Crippen molar-refractivity contribution in [1.82, 2.24) is 29.7 Å². The van der Waals surface area contributed by atoms with Crippen LogP contribution in [0.2, 0.25) is 0 Å². The Bertz CT molecular complexity index is 3190. The number of amides is 3. The first-order valence-corrected chi connectivity index (χ1v) is 23.1. The zero-order valence-corrected chi connectivity index (χ0v) is 40.2. The molecular formula is C51H55N13O9. The molecule has 22 heteroatoms. The summed E-state index contributed by atoms with van der Waals surface area (Å²) in [6.07, 6.45) is 6.01. The Kier molecular flexibility index (Phi) is 15.9. The number of aromatic nitrogens is 4. The van der Waals surface area contributed by atoms with Crippen molar-refractivity contribution >= 4 is 46.8 Å². The van der Waals surface area contributed by atoms with Crippen LogP contribution >= 0.6 is 0 Å². The predicted octanol–water partition coefficient (Wildman–Crippen LogP) is 4.91. The molecule has 2 aromatic heterocycles. The van der Waals surface area contributed by atoms with Crippen LogP contribution in [0.4, 0.5) is 27.8 Å². The number of nitriles is 1. The number of carbonyl (C=O) groups excluding carboxylic acids is 3. The van der Waals surface area contributed by atoms with Crippen LogP contribution in [0.1, 0.15) is 68.7 Å². The SMILES string of the molecule is CC(C)(C)OC(=O)Nc1cc(O)cc(-c2cnc(NC3CC3)c(=O)n2CC(=O)NCc2ccc(C#N)cc2)c1.N/C(=N\O)c1ccc(CNC(=O)Cn2c(-c3cc(N)cc(O)c3)cnc(NC3CC3)c2=O)cc1. The van der Waals surface area contributed by atoms with Gasteiger partial charge in [-0.3, -0.25) is 33.6 Å². The molecule has 73 heavy (non-hydrogen) atoms. The van der Waals surface area contributed by atoms with Gasteiger partial charge in [-0.05, 0) is 94.0 Å². The summed E-state index contributed by atoms with van der Waals surface area (Å²) in [5, 5.41) is 55.3. The minimum absolute atomic E-state index is 0.0108. The molecular weight excluding hydrogens is 939 g/mol. The Morgan fingerprint density at radius 1 is 0.753 bits per heavy atom. The van der Waals surface area contributed by atoms with Gasteiger partial charge in [0.25, 0.3) is 11.1 Å². The topological polar surface area (TPSA) is 339 Å². The first-order valence-electron chi connectivity index (χ1n) is 23.1. The summed E-state index contributed by atoms with van der Waals surface area (Å²) < 4.78 is 7.87. The van der Waals surface area contributed by atoms with Gasteiger partial charge in [0.05, 0.1) is 35.4 Å². The summed E-state index contributed by atoms with van der Waals surface area (Å²) in [7, 11) is 0. The van der Waals surface area contributed by atoms with Crippen LogP contribution in [0, 0.1) is 11.3 Å². The molecule has 2 saturated carbocycles. The molecule has 0 unspecified atom stereocenters. The Morgan fingerprint density at radius 2 is 1.23 bits per heavy atom. The van der Waals surface area contributed by atoms with Gasteiger partial charge in [-0.1, -0.05) is 41.6 Å². The molecule has 2 aliphatic rings. The van der Waals surface area contributed by atoms with E-state index in [2.05, 4.69) is 41.7 Å². The Balaban J connectivity index is 0.000000216. The van der Waals surface area contributed by atoms with Gasteiger partial charge in [-0.15, -0.1) is 0 Å². The molecule has 0 atom stereocenters. The Morgan fingerprint density at radius 3 is 1.68 bits per heavy atom. The molecule has 0 radical (unpaired) electrons. The average molecular weight is 994 g/mol. The lowest BCUT2D eigenvalue weighted by molar-refractivity contribution is -0.122. The fraction of sp³-hybridized carbons (Fsp3) is 0.275. The van der Waals surface area contributed by atoms with Gasteiger partial charge in [0.15, 0.2) is 17.5 Å². The largest absolute Gasteiger partial charge is 0.508 e. The number of aromatic hydroxyl groups is 2. The Hall–Kier alpha value is -9.39. The third-order valence-electron chi connectivity index (χ3n) is 11.1. The molecule has 6 aromatic rings. The first kappa shape index (κ1) is 51.5. The smallest absolute Gasteiger partial charge is 0.412 e. The van der Waals surface area contributed by atoms with Crippen molar-refractivity contribution in [3.05, 3.63) is 140 Å². The van der Waals surface area contributed by atoms with E-state index >= 15 is 0 Å². The van der Waals surface area contributed by atoms with Crippen LogP contribution in [-0.4, -0.2) is 76.0 Å². The molecule has 0 aliphatic heterocycles. The van der Waals surface area contributed by atoms with Crippen LogP contribution in [0.5, 0.6) is 11.5 Å². The second kappa shape index (κ2) is 22.6. The standard InChI is InChI=1S/C28H30N6O5.C23H25N7O4/c1-28(2,3)39-27(38)33-21-10-19(11-22(35)12-21)23-15-31-25(32-20-8-9-20)26(37)34(23)16-24(36)30-14-18-6-4-17(13-29)5-7-18;24-16-7-15(8-18(31)9-16)19-11-27-22(28-17-5-6-17)23(33)30(19)12-20(32)26-10-13-1-3-14(4-2-13)21(25)29-34/h4-7,10-12,15,20,35H,8-9,14,16H2,1-3H3,(H,30,36)(H,31,32)(H,33,38);1-4,7-9,11,17,31,34H,5-6,10,12,24H2,(H2,25,29)(H,26,32)(H,27,28). The van der Waals surface area contributed by atoms with Crippen LogP contribution in [0.3, 0.4) is 0 Å². The van der Waals surface area contributed by atoms with Gasteiger partial charge in [-0.2, -0.15) is 5.26 Å². The van der Waals surface area contributed by atoms with Gasteiger partial charge in [0.2, 0.25) is 11.8 Å². The number of oxime groups is 1. The summed E-state index contributed by atoms with van der Waals surface area (Å²) in [5.41, 5.74) is 14.4. The number of nitrogens with two attached hydrogens (primary N) is 2. The van der Waals surface area contributed by atoms with Crippen molar-refractivity contribution in [2.45, 2.75) is 90.3 Å². The molecule has 2 heterocycles. The molecule has 22 nitrogen and oxygen atoms in total. The van der Waals surface area contributed by atoms with Gasteiger partial charge >= 0.3 is 6.09 Å². The predicted molar refractivity (Wildman–Crippen MR) is 273 cm³/mol. The van der Waals surface area contributed by atoms with E-state index in [1.807, 2.05) is 6.07 Å². The van der Waals surface area contributed by atoms with E-state index < -0.39 is 28.7 Å². The molecule has 2 fully saturated rings. The fourth-order valence-electron chi connectivity index (χ4n) is 7.17. The van der Waals surface area contributed by atoms with Gasteiger partial charge < -0.3 is 52.9 Å². The third kappa shape index (κ3) is 14.6. The van der Waals surface area contributed by atoms with Crippen molar-refractivity contribution < 1.29 is 34.5 Å². The first-order chi connectivity index (χ1) is 34.8. The monoisotopic (exact) mass is 993 g/mol.